The van der Waals surface area contributed by atoms with Crippen molar-refractivity contribution in [2.75, 3.05) is 6.54 Å². The first kappa shape index (κ1) is 19.3. The van der Waals surface area contributed by atoms with Crippen molar-refractivity contribution in [1.82, 2.24) is 10.2 Å². The second-order valence-electron chi connectivity index (χ2n) is 7.49. The predicted molar refractivity (Wildman–Crippen MR) is 101 cm³/mol. The second-order valence-corrected chi connectivity index (χ2v) is 7.49. The number of nitro groups is 1. The molecule has 1 unspecified atom stereocenters. The third-order valence-electron chi connectivity index (χ3n) is 5.54. The zero-order valence-corrected chi connectivity index (χ0v) is 15.6. The number of nitrogens with zero attached hydrogens (tertiary/aromatic N) is 2. The first-order valence-electron chi connectivity index (χ1n) is 9.90. The van der Waals surface area contributed by atoms with Gasteiger partial charge < -0.3 is 10.2 Å². The number of benzene rings is 1. The highest BCUT2D eigenvalue weighted by Gasteiger charge is 2.33. The second kappa shape index (κ2) is 8.97. The minimum Gasteiger partial charge on any atom is -0.351 e. The van der Waals surface area contributed by atoms with Gasteiger partial charge in [-0.05, 0) is 43.4 Å². The molecule has 3 rings (SSSR count). The van der Waals surface area contributed by atoms with Crippen molar-refractivity contribution in [1.29, 1.82) is 0 Å². The first-order chi connectivity index (χ1) is 13.1. The van der Waals surface area contributed by atoms with Crippen molar-refractivity contribution >= 4 is 17.5 Å². The molecule has 7 heteroatoms. The molecular weight excluding hydrogens is 346 g/mol. The highest BCUT2D eigenvalue weighted by molar-refractivity contribution is 5.89. The van der Waals surface area contributed by atoms with Gasteiger partial charge in [-0.1, -0.05) is 25.7 Å². The summed E-state index contributed by atoms with van der Waals surface area (Å²) >= 11 is 0. The summed E-state index contributed by atoms with van der Waals surface area (Å²) in [6.45, 7) is 0.540. The fourth-order valence-corrected chi connectivity index (χ4v) is 4.05. The fourth-order valence-electron chi connectivity index (χ4n) is 4.05. The topological polar surface area (TPSA) is 92.5 Å². The number of likely N-dealkylation sites (tertiary alicyclic amines) is 1. The van der Waals surface area contributed by atoms with Gasteiger partial charge in [0.1, 0.15) is 6.04 Å². The van der Waals surface area contributed by atoms with Crippen LogP contribution in [0.4, 0.5) is 5.69 Å². The van der Waals surface area contributed by atoms with Gasteiger partial charge in [-0.3, -0.25) is 19.7 Å². The van der Waals surface area contributed by atoms with Crippen LogP contribution in [0.15, 0.2) is 24.3 Å². The fraction of sp³-hybridized carbons (Fsp3) is 0.600. The van der Waals surface area contributed by atoms with Crippen molar-refractivity contribution in [3.05, 3.63) is 39.9 Å². The Kier molecular flexibility index (Phi) is 6.42. The molecule has 2 fully saturated rings. The Bertz CT molecular complexity index is 683. The maximum atomic E-state index is 13.1. The van der Waals surface area contributed by atoms with Crippen LogP contribution < -0.4 is 5.32 Å². The molecular formula is C20H27N3O4. The third kappa shape index (κ3) is 4.84. The minimum atomic E-state index is -0.724. The van der Waals surface area contributed by atoms with Crippen molar-refractivity contribution < 1.29 is 14.5 Å². The van der Waals surface area contributed by atoms with Gasteiger partial charge in [0.25, 0.3) is 5.69 Å². The monoisotopic (exact) mass is 373 g/mol. The van der Waals surface area contributed by atoms with Crippen LogP contribution in [0.25, 0.3) is 0 Å². The van der Waals surface area contributed by atoms with E-state index < -0.39 is 11.0 Å². The van der Waals surface area contributed by atoms with E-state index in [-0.39, 0.29) is 23.5 Å². The van der Waals surface area contributed by atoms with Gasteiger partial charge >= 0.3 is 0 Å². The van der Waals surface area contributed by atoms with E-state index in [1.165, 1.54) is 18.6 Å². The van der Waals surface area contributed by atoms with Gasteiger partial charge in [0.15, 0.2) is 0 Å². The molecule has 1 heterocycles. The van der Waals surface area contributed by atoms with E-state index in [1.54, 1.807) is 17.0 Å². The van der Waals surface area contributed by atoms with Crippen LogP contribution in [0.2, 0.25) is 0 Å². The molecule has 1 aromatic rings. The lowest BCUT2D eigenvalue weighted by Crippen LogP contribution is -2.47. The standard InChI is InChI=1S/C20H27N3O4/c24-18-9-5-2-6-14-22(18)19(15-10-12-17(13-11-15)23(26)27)20(25)21-16-7-3-1-4-8-16/h10-13,16,19H,1-9,14H2,(H,21,25). The Morgan fingerprint density at radius 1 is 1.07 bits per heavy atom. The molecule has 27 heavy (non-hydrogen) atoms. The largest absolute Gasteiger partial charge is 0.351 e. The Hall–Kier alpha value is -2.44. The van der Waals surface area contributed by atoms with Crippen molar-refractivity contribution in [2.45, 2.75) is 69.9 Å². The Morgan fingerprint density at radius 2 is 1.74 bits per heavy atom. The summed E-state index contributed by atoms with van der Waals surface area (Å²) in [5.74, 6) is -0.194. The molecule has 2 amide bonds. The molecule has 1 saturated carbocycles. The quantitative estimate of drug-likeness (QED) is 0.632. The summed E-state index contributed by atoms with van der Waals surface area (Å²) < 4.78 is 0. The summed E-state index contributed by atoms with van der Waals surface area (Å²) in [7, 11) is 0. The summed E-state index contributed by atoms with van der Waals surface area (Å²) in [6.07, 6.45) is 8.46. The maximum Gasteiger partial charge on any atom is 0.269 e. The van der Waals surface area contributed by atoms with Crippen LogP contribution in [0, 0.1) is 10.1 Å². The highest BCUT2D eigenvalue weighted by Crippen LogP contribution is 2.28. The van der Waals surface area contributed by atoms with Crippen LogP contribution >= 0.6 is 0 Å². The molecule has 0 radical (unpaired) electrons. The van der Waals surface area contributed by atoms with Gasteiger partial charge in [0.2, 0.25) is 11.8 Å². The molecule has 1 saturated heterocycles. The molecule has 1 aromatic carbocycles. The molecule has 0 bridgehead atoms. The summed E-state index contributed by atoms with van der Waals surface area (Å²) in [5.41, 5.74) is 0.608. The van der Waals surface area contributed by atoms with Crippen molar-refractivity contribution in [2.24, 2.45) is 0 Å². The number of nitro benzene ring substituents is 1. The minimum absolute atomic E-state index is 0.0188. The van der Waals surface area contributed by atoms with E-state index in [0.717, 1.165) is 44.9 Å². The number of nitrogens with one attached hydrogen (secondary N) is 1. The highest BCUT2D eigenvalue weighted by atomic mass is 16.6. The summed E-state index contributed by atoms with van der Waals surface area (Å²) in [4.78, 5) is 37.9. The molecule has 0 aromatic heterocycles. The number of carbonyl (C=O) groups is 2. The van der Waals surface area contributed by atoms with Crippen LogP contribution in [-0.2, 0) is 9.59 Å². The first-order valence-corrected chi connectivity index (χ1v) is 9.90. The molecule has 2 aliphatic rings. The number of carbonyl (C=O) groups excluding carboxylic acids is 2. The number of hydrogen-bond acceptors (Lipinski definition) is 4. The van der Waals surface area contributed by atoms with Crippen LogP contribution in [-0.4, -0.2) is 34.2 Å². The van der Waals surface area contributed by atoms with E-state index in [4.69, 9.17) is 0 Å². The Morgan fingerprint density at radius 3 is 2.41 bits per heavy atom. The summed E-state index contributed by atoms with van der Waals surface area (Å²) in [6, 6.07) is 5.42. The molecule has 7 nitrogen and oxygen atoms in total. The predicted octanol–water partition coefficient (Wildman–Crippen LogP) is 3.49. The zero-order chi connectivity index (χ0) is 19.2. The molecule has 0 spiro atoms. The number of rotatable bonds is 5. The number of hydrogen-bond donors (Lipinski definition) is 1. The van der Waals surface area contributed by atoms with Gasteiger partial charge in [0.05, 0.1) is 4.92 Å². The van der Waals surface area contributed by atoms with Crippen molar-refractivity contribution in [3.8, 4) is 0 Å². The van der Waals surface area contributed by atoms with Gasteiger partial charge in [-0.25, -0.2) is 0 Å². The number of non-ortho nitro benzene ring substituents is 1. The Balaban J connectivity index is 1.86. The van der Waals surface area contributed by atoms with Crippen LogP contribution in [0.5, 0.6) is 0 Å². The van der Waals surface area contributed by atoms with Gasteiger partial charge in [0, 0.05) is 31.1 Å². The smallest absolute Gasteiger partial charge is 0.269 e. The van der Waals surface area contributed by atoms with E-state index in [9.17, 15) is 19.7 Å². The average molecular weight is 373 g/mol. The van der Waals surface area contributed by atoms with Crippen LogP contribution in [0.3, 0.4) is 0 Å². The van der Waals surface area contributed by atoms with Gasteiger partial charge in [-0.15, -0.1) is 0 Å². The van der Waals surface area contributed by atoms with E-state index in [2.05, 4.69) is 5.32 Å². The molecule has 1 atom stereocenters. The van der Waals surface area contributed by atoms with E-state index >= 15 is 0 Å². The third-order valence-corrected chi connectivity index (χ3v) is 5.54. The number of amides is 2. The lowest BCUT2D eigenvalue weighted by atomic mass is 9.94. The van der Waals surface area contributed by atoms with Crippen LogP contribution in [0.1, 0.15) is 69.4 Å². The lowest BCUT2D eigenvalue weighted by molar-refractivity contribution is -0.384. The SMILES string of the molecule is O=C(NC1CCCCC1)C(c1ccc([N+](=O)[O-])cc1)N1CCCCCC1=O. The van der Waals surface area contributed by atoms with Crippen molar-refractivity contribution in [3.63, 3.8) is 0 Å². The molecule has 1 aliphatic heterocycles. The lowest BCUT2D eigenvalue weighted by Gasteiger charge is -2.32. The Labute approximate surface area is 159 Å². The molecule has 1 aliphatic carbocycles. The normalized spacial score (nSPS) is 20.0. The average Bonchev–Trinajstić information content (AvgIpc) is 2.88. The zero-order valence-electron chi connectivity index (χ0n) is 15.6. The molecule has 1 N–H and O–H groups in total. The summed E-state index contributed by atoms with van der Waals surface area (Å²) in [5, 5.41) is 14.1. The van der Waals surface area contributed by atoms with E-state index in [1.807, 2.05) is 0 Å². The maximum absolute atomic E-state index is 13.1. The molecule has 146 valence electrons. The van der Waals surface area contributed by atoms with E-state index in [0.29, 0.717) is 18.5 Å². The van der Waals surface area contributed by atoms with Gasteiger partial charge in [-0.2, -0.15) is 0 Å².